The SMILES string of the molecule is CC[C@H](C)[C@H](NC(=O)O)C(=O)Nc1ccc(Cl)cc1C(=O)C(C)C. The van der Waals surface area contributed by atoms with Gasteiger partial charge in [0, 0.05) is 16.5 Å². The van der Waals surface area contributed by atoms with Crippen molar-refractivity contribution in [2.24, 2.45) is 11.8 Å². The van der Waals surface area contributed by atoms with Crippen molar-refractivity contribution in [3.8, 4) is 0 Å². The van der Waals surface area contributed by atoms with Crippen molar-refractivity contribution in [1.82, 2.24) is 5.32 Å². The lowest BCUT2D eigenvalue weighted by atomic mass is 9.97. The zero-order chi connectivity index (χ0) is 18.4. The van der Waals surface area contributed by atoms with Gasteiger partial charge in [-0.05, 0) is 24.1 Å². The van der Waals surface area contributed by atoms with Crippen LogP contribution in [0.4, 0.5) is 10.5 Å². The molecule has 1 aromatic carbocycles. The number of Topliss-reactive ketones (excluding diaryl/α,β-unsaturated/α-hetero) is 1. The molecule has 0 aliphatic carbocycles. The molecule has 1 aromatic rings. The zero-order valence-corrected chi connectivity index (χ0v) is 15.0. The molecule has 0 unspecified atom stereocenters. The molecular formula is C17H23ClN2O4. The summed E-state index contributed by atoms with van der Waals surface area (Å²) >= 11 is 5.95. The topological polar surface area (TPSA) is 95.5 Å². The smallest absolute Gasteiger partial charge is 0.405 e. The molecule has 3 N–H and O–H groups in total. The van der Waals surface area contributed by atoms with E-state index in [9.17, 15) is 14.4 Å². The summed E-state index contributed by atoms with van der Waals surface area (Å²) < 4.78 is 0. The van der Waals surface area contributed by atoms with Gasteiger partial charge >= 0.3 is 6.09 Å². The van der Waals surface area contributed by atoms with E-state index < -0.39 is 18.0 Å². The van der Waals surface area contributed by atoms with Crippen molar-refractivity contribution in [3.63, 3.8) is 0 Å². The van der Waals surface area contributed by atoms with E-state index in [2.05, 4.69) is 10.6 Å². The maximum Gasteiger partial charge on any atom is 0.405 e. The highest BCUT2D eigenvalue weighted by Crippen LogP contribution is 2.24. The Balaban J connectivity index is 3.12. The third-order valence-electron chi connectivity index (χ3n) is 3.80. The average Bonchev–Trinajstić information content (AvgIpc) is 2.52. The minimum absolute atomic E-state index is 0.154. The Morgan fingerprint density at radius 2 is 1.83 bits per heavy atom. The van der Waals surface area contributed by atoms with Gasteiger partial charge in [0.15, 0.2) is 5.78 Å². The van der Waals surface area contributed by atoms with E-state index >= 15 is 0 Å². The van der Waals surface area contributed by atoms with Crippen LogP contribution >= 0.6 is 11.6 Å². The summed E-state index contributed by atoms with van der Waals surface area (Å²) in [5.74, 6) is -1.12. The molecule has 0 bridgehead atoms. The largest absolute Gasteiger partial charge is 0.465 e. The van der Waals surface area contributed by atoms with Crippen molar-refractivity contribution in [1.29, 1.82) is 0 Å². The molecule has 0 saturated carbocycles. The molecule has 132 valence electrons. The van der Waals surface area contributed by atoms with Crippen molar-refractivity contribution in [2.75, 3.05) is 5.32 Å². The molecule has 0 saturated heterocycles. The fourth-order valence-corrected chi connectivity index (χ4v) is 2.36. The number of hydrogen-bond acceptors (Lipinski definition) is 3. The zero-order valence-electron chi connectivity index (χ0n) is 14.2. The first-order valence-corrected chi connectivity index (χ1v) is 8.19. The minimum atomic E-state index is -1.27. The first-order chi connectivity index (χ1) is 11.2. The lowest BCUT2D eigenvalue weighted by Gasteiger charge is -2.23. The number of amides is 2. The molecule has 1 rings (SSSR count). The molecule has 24 heavy (non-hydrogen) atoms. The van der Waals surface area contributed by atoms with E-state index in [0.29, 0.717) is 22.7 Å². The molecule has 6 nitrogen and oxygen atoms in total. The van der Waals surface area contributed by atoms with Crippen LogP contribution in [0.2, 0.25) is 5.02 Å². The second kappa shape index (κ2) is 8.68. The van der Waals surface area contributed by atoms with Crippen molar-refractivity contribution in [3.05, 3.63) is 28.8 Å². The third-order valence-corrected chi connectivity index (χ3v) is 4.04. The van der Waals surface area contributed by atoms with Crippen molar-refractivity contribution >= 4 is 35.1 Å². The Labute approximate surface area is 146 Å². The van der Waals surface area contributed by atoms with Crippen LogP contribution in [-0.2, 0) is 4.79 Å². The molecule has 7 heteroatoms. The second-order valence-corrected chi connectivity index (χ2v) is 6.45. The highest BCUT2D eigenvalue weighted by molar-refractivity contribution is 6.31. The summed E-state index contributed by atoms with van der Waals surface area (Å²) in [6, 6.07) is 3.70. The number of benzene rings is 1. The number of carbonyl (C=O) groups excluding carboxylic acids is 2. The number of ketones is 1. The minimum Gasteiger partial charge on any atom is -0.465 e. The quantitative estimate of drug-likeness (QED) is 0.649. The van der Waals surface area contributed by atoms with Gasteiger partial charge in [0.2, 0.25) is 5.91 Å². The molecule has 0 radical (unpaired) electrons. The van der Waals surface area contributed by atoms with Gasteiger partial charge in [0.05, 0.1) is 5.69 Å². The molecule has 0 heterocycles. The first-order valence-electron chi connectivity index (χ1n) is 7.81. The van der Waals surface area contributed by atoms with Crippen LogP contribution in [0, 0.1) is 11.8 Å². The monoisotopic (exact) mass is 354 g/mol. The lowest BCUT2D eigenvalue weighted by Crippen LogP contribution is -2.47. The van der Waals surface area contributed by atoms with E-state index in [4.69, 9.17) is 16.7 Å². The van der Waals surface area contributed by atoms with Gasteiger partial charge in [0.25, 0.3) is 0 Å². The van der Waals surface area contributed by atoms with Crippen LogP contribution in [0.3, 0.4) is 0 Å². The normalized spacial score (nSPS) is 13.2. The Hall–Kier alpha value is -2.08. The molecule has 0 aliphatic rings. The van der Waals surface area contributed by atoms with Crippen molar-refractivity contribution in [2.45, 2.75) is 40.2 Å². The predicted molar refractivity (Wildman–Crippen MR) is 93.7 cm³/mol. The summed E-state index contributed by atoms with van der Waals surface area (Å²) in [5.41, 5.74) is 0.632. The average molecular weight is 355 g/mol. The molecule has 2 amide bonds. The highest BCUT2D eigenvalue weighted by Gasteiger charge is 2.27. The molecular weight excluding hydrogens is 332 g/mol. The van der Waals surface area contributed by atoms with Gasteiger partial charge in [-0.3, -0.25) is 9.59 Å². The van der Waals surface area contributed by atoms with Gasteiger partial charge in [-0.1, -0.05) is 45.7 Å². The summed E-state index contributed by atoms with van der Waals surface area (Å²) in [6.45, 7) is 7.15. The number of rotatable bonds is 7. The summed E-state index contributed by atoms with van der Waals surface area (Å²) in [4.78, 5) is 35.7. The van der Waals surface area contributed by atoms with Crippen molar-refractivity contribution < 1.29 is 19.5 Å². The van der Waals surface area contributed by atoms with Gasteiger partial charge < -0.3 is 15.7 Å². The lowest BCUT2D eigenvalue weighted by molar-refractivity contribution is -0.119. The van der Waals surface area contributed by atoms with Crippen LogP contribution in [0.5, 0.6) is 0 Å². The molecule has 0 aliphatic heterocycles. The van der Waals surface area contributed by atoms with Gasteiger partial charge in [-0.25, -0.2) is 4.79 Å². The van der Waals surface area contributed by atoms with Crippen LogP contribution in [-0.4, -0.2) is 28.9 Å². The van der Waals surface area contributed by atoms with Crippen LogP contribution < -0.4 is 10.6 Å². The van der Waals surface area contributed by atoms with E-state index in [1.807, 2.05) is 6.92 Å². The molecule has 0 spiro atoms. The Kier molecular flexibility index (Phi) is 7.22. The Morgan fingerprint density at radius 3 is 2.33 bits per heavy atom. The van der Waals surface area contributed by atoms with Gasteiger partial charge in [-0.2, -0.15) is 0 Å². The van der Waals surface area contributed by atoms with Crippen LogP contribution in [0.25, 0.3) is 0 Å². The maximum absolute atomic E-state index is 12.5. The number of nitrogens with one attached hydrogen (secondary N) is 2. The van der Waals surface area contributed by atoms with Gasteiger partial charge in [-0.15, -0.1) is 0 Å². The summed E-state index contributed by atoms with van der Waals surface area (Å²) in [5, 5.41) is 14.2. The summed E-state index contributed by atoms with van der Waals surface area (Å²) in [6.07, 6.45) is -0.651. The predicted octanol–water partition coefficient (Wildman–Crippen LogP) is 3.80. The third kappa shape index (κ3) is 5.23. The summed E-state index contributed by atoms with van der Waals surface area (Å²) in [7, 11) is 0. The van der Waals surface area contributed by atoms with Crippen LogP contribution in [0.15, 0.2) is 18.2 Å². The van der Waals surface area contributed by atoms with E-state index in [-0.39, 0.29) is 17.6 Å². The number of anilines is 1. The fraction of sp³-hybridized carbons (Fsp3) is 0.471. The number of hydrogen-bond donors (Lipinski definition) is 3. The molecule has 2 atom stereocenters. The Bertz CT molecular complexity index is 631. The van der Waals surface area contributed by atoms with Crippen LogP contribution in [0.1, 0.15) is 44.5 Å². The van der Waals surface area contributed by atoms with E-state index in [1.165, 1.54) is 6.07 Å². The fourth-order valence-electron chi connectivity index (χ4n) is 2.19. The standard InChI is InChI=1S/C17H23ClN2O4/c1-5-10(4)14(20-17(23)24)16(22)19-13-7-6-11(18)8-12(13)15(21)9(2)3/h6-10,14,20H,5H2,1-4H3,(H,19,22)(H,23,24)/t10-,14-/m0/s1. The second-order valence-electron chi connectivity index (χ2n) is 6.01. The molecule has 0 fully saturated rings. The number of carboxylic acid groups (broad SMARTS) is 1. The maximum atomic E-state index is 12.5. The van der Waals surface area contributed by atoms with E-state index in [0.717, 1.165) is 0 Å². The van der Waals surface area contributed by atoms with Gasteiger partial charge in [0.1, 0.15) is 6.04 Å². The van der Waals surface area contributed by atoms with E-state index in [1.54, 1.807) is 32.9 Å². The molecule has 0 aromatic heterocycles. The Morgan fingerprint density at radius 1 is 1.21 bits per heavy atom. The number of halogens is 1. The highest BCUT2D eigenvalue weighted by atomic mass is 35.5. The first kappa shape index (κ1) is 20.0. The number of carbonyl (C=O) groups is 3.